The molecular formula is C17H26N2. The first kappa shape index (κ1) is 13.0. The van der Waals surface area contributed by atoms with Crippen LogP contribution in [0.3, 0.4) is 0 Å². The minimum Gasteiger partial charge on any atom is -0.370 e. The molecule has 1 unspecified atom stereocenters. The van der Waals surface area contributed by atoms with Gasteiger partial charge in [0.25, 0.3) is 0 Å². The number of nitrogens with one attached hydrogen (secondary N) is 1. The Morgan fingerprint density at radius 1 is 1.00 bits per heavy atom. The Kier molecular flexibility index (Phi) is 3.30. The Labute approximate surface area is 117 Å². The van der Waals surface area contributed by atoms with Crippen molar-refractivity contribution in [2.45, 2.75) is 57.5 Å². The third kappa shape index (κ3) is 3.11. The van der Waals surface area contributed by atoms with E-state index in [0.29, 0.717) is 6.04 Å². The van der Waals surface area contributed by atoms with Crippen LogP contribution >= 0.6 is 0 Å². The number of benzene rings is 1. The van der Waals surface area contributed by atoms with E-state index >= 15 is 0 Å². The summed E-state index contributed by atoms with van der Waals surface area (Å²) >= 11 is 0. The average Bonchev–Trinajstić information content (AvgIpc) is 3.04. The van der Waals surface area contributed by atoms with Gasteiger partial charge in [0.15, 0.2) is 0 Å². The van der Waals surface area contributed by atoms with Gasteiger partial charge in [-0.15, -0.1) is 0 Å². The highest BCUT2D eigenvalue weighted by molar-refractivity contribution is 5.49. The first-order chi connectivity index (χ1) is 9.02. The lowest BCUT2D eigenvalue weighted by molar-refractivity contribution is 0.548. The second-order valence-electron chi connectivity index (χ2n) is 7.17. The van der Waals surface area contributed by atoms with Gasteiger partial charge in [-0.3, -0.25) is 0 Å². The minimum absolute atomic E-state index is 0.250. The number of nitrogens with zero attached hydrogens (tertiary/aromatic N) is 1. The number of anilines is 1. The zero-order chi connectivity index (χ0) is 13.5. The van der Waals surface area contributed by atoms with Crippen molar-refractivity contribution in [2.75, 3.05) is 18.0 Å². The van der Waals surface area contributed by atoms with Gasteiger partial charge in [-0.2, -0.15) is 0 Å². The Bertz CT molecular complexity index is 426. The molecule has 2 aliphatic rings. The molecule has 0 radical (unpaired) electrons. The molecule has 1 saturated heterocycles. The highest BCUT2D eigenvalue weighted by Gasteiger charge is 2.29. The highest BCUT2D eigenvalue weighted by atomic mass is 15.2. The molecule has 1 aliphatic heterocycles. The van der Waals surface area contributed by atoms with E-state index < -0.39 is 0 Å². The molecule has 104 valence electrons. The lowest BCUT2D eigenvalue weighted by Crippen LogP contribution is -2.33. The molecule has 0 bridgehead atoms. The summed E-state index contributed by atoms with van der Waals surface area (Å²) < 4.78 is 0. The van der Waals surface area contributed by atoms with E-state index in [2.05, 4.69) is 55.3 Å². The van der Waals surface area contributed by atoms with Crippen molar-refractivity contribution in [3.63, 3.8) is 0 Å². The van der Waals surface area contributed by atoms with Gasteiger partial charge in [0.2, 0.25) is 0 Å². The van der Waals surface area contributed by atoms with Crippen LogP contribution in [0.25, 0.3) is 0 Å². The molecule has 0 spiro atoms. The van der Waals surface area contributed by atoms with Gasteiger partial charge in [0.05, 0.1) is 0 Å². The predicted octanol–water partition coefficient (Wildman–Crippen LogP) is 3.31. The van der Waals surface area contributed by atoms with Gasteiger partial charge in [-0.25, -0.2) is 0 Å². The molecule has 0 aromatic heterocycles. The van der Waals surface area contributed by atoms with Crippen LogP contribution in [0.4, 0.5) is 5.69 Å². The summed E-state index contributed by atoms with van der Waals surface area (Å²) in [5.74, 6) is 0. The fourth-order valence-electron chi connectivity index (χ4n) is 2.89. The zero-order valence-corrected chi connectivity index (χ0v) is 12.4. The van der Waals surface area contributed by atoms with E-state index in [1.165, 1.54) is 43.6 Å². The van der Waals surface area contributed by atoms with Crippen molar-refractivity contribution in [1.29, 1.82) is 0 Å². The van der Waals surface area contributed by atoms with Gasteiger partial charge in [0.1, 0.15) is 0 Å². The molecule has 0 amide bonds. The molecule has 19 heavy (non-hydrogen) atoms. The summed E-state index contributed by atoms with van der Waals surface area (Å²) in [5, 5.41) is 3.75. The Morgan fingerprint density at radius 2 is 1.68 bits per heavy atom. The molecule has 2 fully saturated rings. The van der Waals surface area contributed by atoms with Gasteiger partial charge in [-0.05, 0) is 42.4 Å². The normalized spacial score (nSPS) is 23.9. The van der Waals surface area contributed by atoms with E-state index in [1.54, 1.807) is 0 Å². The molecule has 1 aromatic carbocycles. The SMILES string of the molecule is CC(C)(C)c1ccc(N2CCC(NC3CC3)C2)cc1. The van der Waals surface area contributed by atoms with Crippen LogP contribution in [0.1, 0.15) is 45.6 Å². The van der Waals surface area contributed by atoms with Gasteiger partial charge in [0, 0.05) is 30.9 Å². The van der Waals surface area contributed by atoms with E-state index in [0.717, 1.165) is 6.04 Å². The third-order valence-corrected chi connectivity index (χ3v) is 4.34. The average molecular weight is 258 g/mol. The summed E-state index contributed by atoms with van der Waals surface area (Å²) in [5.41, 5.74) is 3.05. The molecule has 1 saturated carbocycles. The van der Waals surface area contributed by atoms with Crippen molar-refractivity contribution in [1.82, 2.24) is 5.32 Å². The fourth-order valence-corrected chi connectivity index (χ4v) is 2.89. The van der Waals surface area contributed by atoms with Crippen LogP contribution in [-0.4, -0.2) is 25.2 Å². The summed E-state index contributed by atoms with van der Waals surface area (Å²) in [6, 6.07) is 10.7. The molecule has 1 heterocycles. The minimum atomic E-state index is 0.250. The topological polar surface area (TPSA) is 15.3 Å². The Hall–Kier alpha value is -1.02. The predicted molar refractivity (Wildman–Crippen MR) is 81.9 cm³/mol. The maximum absolute atomic E-state index is 3.75. The zero-order valence-electron chi connectivity index (χ0n) is 12.4. The van der Waals surface area contributed by atoms with Crippen LogP contribution in [0.15, 0.2) is 24.3 Å². The van der Waals surface area contributed by atoms with Gasteiger partial charge in [-0.1, -0.05) is 32.9 Å². The second kappa shape index (κ2) is 4.82. The summed E-state index contributed by atoms with van der Waals surface area (Å²) in [4.78, 5) is 2.52. The van der Waals surface area contributed by atoms with E-state index in [4.69, 9.17) is 0 Å². The van der Waals surface area contributed by atoms with Crippen LogP contribution < -0.4 is 10.2 Å². The molecule has 1 N–H and O–H groups in total. The number of hydrogen-bond acceptors (Lipinski definition) is 2. The summed E-state index contributed by atoms with van der Waals surface area (Å²) in [6.45, 7) is 9.18. The maximum atomic E-state index is 3.75. The van der Waals surface area contributed by atoms with Crippen LogP contribution in [0.5, 0.6) is 0 Å². The molecular weight excluding hydrogens is 232 g/mol. The van der Waals surface area contributed by atoms with E-state index in [1.807, 2.05) is 0 Å². The molecule has 1 aliphatic carbocycles. The number of rotatable bonds is 3. The molecule has 1 aromatic rings. The lowest BCUT2D eigenvalue weighted by atomic mass is 9.87. The quantitative estimate of drug-likeness (QED) is 0.895. The maximum Gasteiger partial charge on any atom is 0.0366 e. The van der Waals surface area contributed by atoms with Gasteiger partial charge < -0.3 is 10.2 Å². The first-order valence-electron chi connectivity index (χ1n) is 7.64. The molecule has 1 atom stereocenters. The van der Waals surface area contributed by atoms with Crippen molar-refractivity contribution >= 4 is 5.69 Å². The third-order valence-electron chi connectivity index (χ3n) is 4.34. The smallest absolute Gasteiger partial charge is 0.0366 e. The van der Waals surface area contributed by atoms with Crippen molar-refractivity contribution < 1.29 is 0 Å². The van der Waals surface area contributed by atoms with Crippen molar-refractivity contribution in [3.8, 4) is 0 Å². The van der Waals surface area contributed by atoms with Crippen LogP contribution in [0.2, 0.25) is 0 Å². The van der Waals surface area contributed by atoms with Crippen molar-refractivity contribution in [3.05, 3.63) is 29.8 Å². The lowest BCUT2D eigenvalue weighted by Gasteiger charge is -2.22. The van der Waals surface area contributed by atoms with Gasteiger partial charge >= 0.3 is 0 Å². The van der Waals surface area contributed by atoms with Crippen LogP contribution in [0, 0.1) is 0 Å². The fraction of sp³-hybridized carbons (Fsp3) is 0.647. The highest BCUT2D eigenvalue weighted by Crippen LogP contribution is 2.27. The van der Waals surface area contributed by atoms with E-state index in [-0.39, 0.29) is 5.41 Å². The second-order valence-corrected chi connectivity index (χ2v) is 7.17. The van der Waals surface area contributed by atoms with Crippen LogP contribution in [-0.2, 0) is 5.41 Å². The monoisotopic (exact) mass is 258 g/mol. The largest absolute Gasteiger partial charge is 0.370 e. The van der Waals surface area contributed by atoms with E-state index in [9.17, 15) is 0 Å². The first-order valence-corrected chi connectivity index (χ1v) is 7.64. The molecule has 2 heteroatoms. The standard InChI is InChI=1S/C17H26N2/c1-17(2,3)13-4-8-16(9-5-13)19-11-10-15(12-19)18-14-6-7-14/h4-5,8-9,14-15,18H,6-7,10-12H2,1-3H3. The molecule has 2 nitrogen and oxygen atoms in total. The summed E-state index contributed by atoms with van der Waals surface area (Å²) in [6.07, 6.45) is 4.06. The summed E-state index contributed by atoms with van der Waals surface area (Å²) in [7, 11) is 0. The Balaban J connectivity index is 1.63. The molecule has 3 rings (SSSR count). The Morgan fingerprint density at radius 3 is 2.26 bits per heavy atom. The van der Waals surface area contributed by atoms with Crippen molar-refractivity contribution in [2.24, 2.45) is 0 Å². The number of hydrogen-bond donors (Lipinski definition) is 1.